The highest BCUT2D eigenvalue weighted by Gasteiger charge is 2.19. The minimum absolute atomic E-state index is 0. The van der Waals surface area contributed by atoms with Gasteiger partial charge in [-0.05, 0) is 42.0 Å². The van der Waals surface area contributed by atoms with Crippen molar-refractivity contribution in [2.45, 2.75) is 25.3 Å². The molecule has 0 amide bonds. The molecule has 0 aromatic carbocycles. The Morgan fingerprint density at radius 1 is 1.57 bits per heavy atom. The number of nitrogens with one attached hydrogen (secondary N) is 1. The summed E-state index contributed by atoms with van der Waals surface area (Å²) in [6.07, 6.45) is 5.93. The molecule has 0 spiro atoms. The van der Waals surface area contributed by atoms with Crippen LogP contribution in [-0.4, -0.2) is 16.3 Å². The predicted octanol–water partition coefficient (Wildman–Crippen LogP) is 2.26. The summed E-state index contributed by atoms with van der Waals surface area (Å²) in [6.45, 7) is 1.14. The van der Waals surface area contributed by atoms with E-state index in [4.69, 9.17) is 0 Å². The van der Waals surface area contributed by atoms with E-state index < -0.39 is 0 Å². The highest BCUT2D eigenvalue weighted by Crippen LogP contribution is 2.24. The van der Waals surface area contributed by atoms with E-state index in [1.807, 2.05) is 11.7 Å². The third-order valence-electron chi connectivity index (χ3n) is 2.45. The van der Waals surface area contributed by atoms with Crippen LogP contribution in [0.4, 0.5) is 0 Å². The molecular weight excluding hydrogens is 312 g/mol. The molecule has 1 saturated heterocycles. The predicted molar refractivity (Wildman–Crippen MR) is 67.8 cm³/mol. The van der Waals surface area contributed by atoms with E-state index in [2.05, 4.69) is 39.2 Å². The zero-order valence-corrected chi connectivity index (χ0v) is 11.1. The van der Waals surface area contributed by atoms with Crippen molar-refractivity contribution in [2.75, 3.05) is 6.54 Å². The monoisotopic (exact) mass is 327 g/mol. The smallest absolute Gasteiger partial charge is 0.0927 e. The van der Waals surface area contributed by atoms with E-state index in [0.29, 0.717) is 6.04 Å². The van der Waals surface area contributed by atoms with E-state index in [-0.39, 0.29) is 12.4 Å². The molecular formula is C9H15ClIN3. The first-order valence-electron chi connectivity index (χ1n) is 4.70. The van der Waals surface area contributed by atoms with E-state index in [9.17, 15) is 0 Å². The van der Waals surface area contributed by atoms with Gasteiger partial charge >= 0.3 is 0 Å². The molecule has 1 unspecified atom stereocenters. The number of aromatic nitrogens is 2. The topological polar surface area (TPSA) is 29.9 Å². The molecule has 1 fully saturated rings. The first-order chi connectivity index (χ1) is 6.27. The quantitative estimate of drug-likeness (QED) is 0.802. The minimum Gasteiger partial charge on any atom is -0.309 e. The summed E-state index contributed by atoms with van der Waals surface area (Å²) in [6, 6.07) is 0.488. The normalized spacial score (nSPS) is 21.7. The van der Waals surface area contributed by atoms with Gasteiger partial charge in [-0.2, -0.15) is 5.10 Å². The maximum atomic E-state index is 4.48. The Kier molecular flexibility index (Phi) is 4.66. The van der Waals surface area contributed by atoms with Gasteiger partial charge in [0.1, 0.15) is 0 Å². The zero-order valence-electron chi connectivity index (χ0n) is 8.16. The lowest BCUT2D eigenvalue weighted by atomic mass is 10.0. The molecule has 14 heavy (non-hydrogen) atoms. The Labute approximate surface area is 104 Å². The molecule has 2 rings (SSSR count). The van der Waals surface area contributed by atoms with Gasteiger partial charge in [-0.25, -0.2) is 0 Å². The second kappa shape index (κ2) is 5.32. The van der Waals surface area contributed by atoms with Crippen molar-refractivity contribution < 1.29 is 0 Å². The molecule has 0 radical (unpaired) electrons. The summed E-state index contributed by atoms with van der Waals surface area (Å²) >= 11 is 2.36. The van der Waals surface area contributed by atoms with Gasteiger partial charge < -0.3 is 5.32 Å². The largest absolute Gasteiger partial charge is 0.309 e. The summed E-state index contributed by atoms with van der Waals surface area (Å²) in [7, 11) is 1.98. The fourth-order valence-electron chi connectivity index (χ4n) is 1.80. The molecule has 0 aliphatic carbocycles. The molecule has 1 aromatic heterocycles. The van der Waals surface area contributed by atoms with Crippen LogP contribution in [-0.2, 0) is 7.05 Å². The SMILES string of the molecule is Cl.Cn1cc(I)c(C2CCCCN2)n1. The van der Waals surface area contributed by atoms with Gasteiger partial charge in [-0.15, -0.1) is 12.4 Å². The minimum atomic E-state index is 0. The van der Waals surface area contributed by atoms with Crippen molar-refractivity contribution in [1.29, 1.82) is 0 Å². The molecule has 5 heteroatoms. The Morgan fingerprint density at radius 2 is 2.36 bits per heavy atom. The van der Waals surface area contributed by atoms with Gasteiger partial charge in [0.15, 0.2) is 0 Å². The lowest BCUT2D eigenvalue weighted by Gasteiger charge is -2.21. The number of hydrogen-bond acceptors (Lipinski definition) is 2. The summed E-state index contributed by atoms with van der Waals surface area (Å²) in [5.41, 5.74) is 1.22. The molecule has 1 aliphatic heterocycles. The van der Waals surface area contributed by atoms with E-state index in [1.54, 1.807) is 0 Å². The van der Waals surface area contributed by atoms with E-state index >= 15 is 0 Å². The summed E-state index contributed by atoms with van der Waals surface area (Å²) in [5.74, 6) is 0. The number of piperidine rings is 1. The number of halogens is 2. The van der Waals surface area contributed by atoms with Crippen molar-refractivity contribution in [3.63, 3.8) is 0 Å². The van der Waals surface area contributed by atoms with Crippen LogP contribution < -0.4 is 5.32 Å². The van der Waals surface area contributed by atoms with Crippen LogP contribution in [0, 0.1) is 3.57 Å². The van der Waals surface area contributed by atoms with Crippen molar-refractivity contribution in [3.8, 4) is 0 Å². The standard InChI is InChI=1S/C9H14IN3.ClH/c1-13-6-7(10)9(12-13)8-4-2-3-5-11-8;/h6,8,11H,2-5H2,1H3;1H. The van der Waals surface area contributed by atoms with Gasteiger partial charge in [0, 0.05) is 13.2 Å². The van der Waals surface area contributed by atoms with Crippen molar-refractivity contribution in [3.05, 3.63) is 15.5 Å². The summed E-state index contributed by atoms with van der Waals surface area (Å²) in [5, 5.41) is 7.99. The van der Waals surface area contributed by atoms with Crippen molar-refractivity contribution in [2.24, 2.45) is 7.05 Å². The highest BCUT2D eigenvalue weighted by molar-refractivity contribution is 14.1. The first-order valence-corrected chi connectivity index (χ1v) is 5.77. The summed E-state index contributed by atoms with van der Waals surface area (Å²) in [4.78, 5) is 0. The molecule has 0 bridgehead atoms. The van der Waals surface area contributed by atoms with Crippen LogP contribution in [0.3, 0.4) is 0 Å². The average molecular weight is 328 g/mol. The summed E-state index contributed by atoms with van der Waals surface area (Å²) < 4.78 is 3.17. The zero-order chi connectivity index (χ0) is 9.26. The Morgan fingerprint density at radius 3 is 2.86 bits per heavy atom. The number of hydrogen-bond donors (Lipinski definition) is 1. The van der Waals surface area contributed by atoms with Gasteiger partial charge in [-0.1, -0.05) is 6.42 Å². The van der Waals surface area contributed by atoms with Crippen LogP contribution in [0.5, 0.6) is 0 Å². The van der Waals surface area contributed by atoms with Crippen LogP contribution in [0.25, 0.3) is 0 Å². The second-order valence-corrected chi connectivity index (χ2v) is 4.70. The highest BCUT2D eigenvalue weighted by atomic mass is 127. The van der Waals surface area contributed by atoms with E-state index in [0.717, 1.165) is 6.54 Å². The molecule has 1 aromatic rings. The third-order valence-corrected chi connectivity index (χ3v) is 3.28. The second-order valence-electron chi connectivity index (χ2n) is 3.54. The lowest BCUT2D eigenvalue weighted by Crippen LogP contribution is -2.27. The molecule has 1 N–H and O–H groups in total. The maximum Gasteiger partial charge on any atom is 0.0927 e. The molecule has 1 aliphatic rings. The van der Waals surface area contributed by atoms with Gasteiger partial charge in [0.05, 0.1) is 15.3 Å². The Balaban J connectivity index is 0.000000980. The van der Waals surface area contributed by atoms with Crippen LogP contribution in [0.15, 0.2) is 6.20 Å². The van der Waals surface area contributed by atoms with E-state index in [1.165, 1.54) is 28.5 Å². The molecule has 1 atom stereocenters. The molecule has 3 nitrogen and oxygen atoms in total. The van der Waals surface area contributed by atoms with Gasteiger partial charge in [-0.3, -0.25) is 4.68 Å². The molecule has 0 saturated carbocycles. The van der Waals surface area contributed by atoms with Crippen LogP contribution >= 0.6 is 35.0 Å². The van der Waals surface area contributed by atoms with Crippen molar-refractivity contribution in [1.82, 2.24) is 15.1 Å². The fraction of sp³-hybridized carbons (Fsp3) is 0.667. The van der Waals surface area contributed by atoms with Crippen LogP contribution in [0.1, 0.15) is 31.0 Å². The van der Waals surface area contributed by atoms with Crippen LogP contribution in [0.2, 0.25) is 0 Å². The Hall–Kier alpha value is 0.190. The Bertz CT molecular complexity index is 294. The van der Waals surface area contributed by atoms with Gasteiger partial charge in [0.25, 0.3) is 0 Å². The maximum absolute atomic E-state index is 4.48. The molecule has 80 valence electrons. The number of nitrogens with zero attached hydrogens (tertiary/aromatic N) is 2. The third kappa shape index (κ3) is 2.61. The number of aryl methyl sites for hydroxylation is 1. The fourth-order valence-corrected chi connectivity index (χ4v) is 2.68. The average Bonchev–Trinajstić information content (AvgIpc) is 2.47. The van der Waals surface area contributed by atoms with Gasteiger partial charge in [0.2, 0.25) is 0 Å². The lowest BCUT2D eigenvalue weighted by molar-refractivity contribution is 0.401. The molecule has 2 heterocycles. The van der Waals surface area contributed by atoms with Crippen molar-refractivity contribution >= 4 is 35.0 Å². The first kappa shape index (κ1) is 12.3. The number of rotatable bonds is 1.